The summed E-state index contributed by atoms with van der Waals surface area (Å²) in [6.45, 7) is 2.77. The zero-order chi connectivity index (χ0) is 15.2. The van der Waals surface area contributed by atoms with Gasteiger partial charge in [0, 0.05) is 24.4 Å². The number of rotatable bonds is 5. The predicted octanol–water partition coefficient (Wildman–Crippen LogP) is 2.89. The molecular formula is C16H17FN2O2. The van der Waals surface area contributed by atoms with Gasteiger partial charge in [0.05, 0.1) is 13.2 Å². The third-order valence-electron chi connectivity index (χ3n) is 2.98. The highest BCUT2D eigenvalue weighted by Crippen LogP contribution is 2.17. The molecule has 0 saturated carbocycles. The van der Waals surface area contributed by atoms with Gasteiger partial charge in [-0.3, -0.25) is 4.79 Å². The average Bonchev–Trinajstić information content (AvgIpc) is 2.49. The first-order chi connectivity index (χ1) is 10.1. The smallest absolute Gasteiger partial charge is 0.253 e. The summed E-state index contributed by atoms with van der Waals surface area (Å²) in [5, 5.41) is 0. The number of hydrogen-bond acceptors (Lipinski definition) is 3. The van der Waals surface area contributed by atoms with Gasteiger partial charge in [-0.25, -0.2) is 9.37 Å². The van der Waals surface area contributed by atoms with E-state index in [9.17, 15) is 9.18 Å². The van der Waals surface area contributed by atoms with Crippen molar-refractivity contribution >= 4 is 5.91 Å². The highest BCUT2D eigenvalue weighted by atomic mass is 19.1. The fourth-order valence-electron chi connectivity index (χ4n) is 1.95. The Morgan fingerprint density at radius 2 is 2.00 bits per heavy atom. The van der Waals surface area contributed by atoms with Crippen molar-refractivity contribution in [2.45, 2.75) is 13.5 Å². The number of halogens is 1. The molecule has 0 aliphatic rings. The first kappa shape index (κ1) is 15.0. The number of aromatic nitrogens is 1. The molecule has 0 N–H and O–H groups in total. The van der Waals surface area contributed by atoms with Crippen LogP contribution < -0.4 is 4.74 Å². The van der Waals surface area contributed by atoms with E-state index < -0.39 is 0 Å². The van der Waals surface area contributed by atoms with Crippen LogP contribution in [-0.2, 0) is 6.54 Å². The average molecular weight is 288 g/mol. The maximum absolute atomic E-state index is 12.9. The molecule has 2 aromatic rings. The summed E-state index contributed by atoms with van der Waals surface area (Å²) in [6, 6.07) is 9.16. The van der Waals surface area contributed by atoms with E-state index in [1.54, 1.807) is 24.2 Å². The summed E-state index contributed by atoms with van der Waals surface area (Å²) in [7, 11) is 1.69. The first-order valence-electron chi connectivity index (χ1n) is 6.69. The molecule has 2 rings (SSSR count). The molecule has 0 saturated heterocycles. The second-order valence-corrected chi connectivity index (χ2v) is 4.57. The highest BCUT2D eigenvalue weighted by Gasteiger charge is 2.14. The van der Waals surface area contributed by atoms with Gasteiger partial charge < -0.3 is 9.64 Å². The number of carbonyl (C=O) groups is 1. The van der Waals surface area contributed by atoms with E-state index in [4.69, 9.17) is 4.74 Å². The molecule has 0 aliphatic heterocycles. The second kappa shape index (κ2) is 6.83. The number of benzene rings is 1. The molecule has 21 heavy (non-hydrogen) atoms. The van der Waals surface area contributed by atoms with Crippen LogP contribution in [0.3, 0.4) is 0 Å². The van der Waals surface area contributed by atoms with Crippen LogP contribution in [0.5, 0.6) is 5.88 Å². The lowest BCUT2D eigenvalue weighted by molar-refractivity contribution is 0.0783. The summed E-state index contributed by atoms with van der Waals surface area (Å²) in [5.74, 6) is -0.0137. The van der Waals surface area contributed by atoms with Crippen LogP contribution in [0.2, 0.25) is 0 Å². The van der Waals surface area contributed by atoms with Crippen molar-refractivity contribution in [3.63, 3.8) is 0 Å². The Kier molecular flexibility index (Phi) is 4.87. The zero-order valence-corrected chi connectivity index (χ0v) is 12.0. The molecule has 0 spiro atoms. The van der Waals surface area contributed by atoms with Gasteiger partial charge in [-0.05, 0) is 37.3 Å². The molecule has 0 radical (unpaired) electrons. The Morgan fingerprint density at radius 3 is 2.67 bits per heavy atom. The molecule has 0 bridgehead atoms. The van der Waals surface area contributed by atoms with Crippen molar-refractivity contribution in [2.24, 2.45) is 0 Å². The Hall–Kier alpha value is -2.43. The summed E-state index contributed by atoms with van der Waals surface area (Å²) in [6.07, 6.45) is 1.65. The van der Waals surface area contributed by atoms with Crippen molar-refractivity contribution in [2.75, 3.05) is 13.7 Å². The third-order valence-corrected chi connectivity index (χ3v) is 2.98. The van der Waals surface area contributed by atoms with Gasteiger partial charge in [0.2, 0.25) is 5.88 Å². The Morgan fingerprint density at radius 1 is 1.29 bits per heavy atom. The second-order valence-electron chi connectivity index (χ2n) is 4.57. The largest absolute Gasteiger partial charge is 0.478 e. The number of nitrogens with zero attached hydrogens (tertiary/aromatic N) is 2. The molecule has 1 aromatic carbocycles. The zero-order valence-electron chi connectivity index (χ0n) is 12.0. The monoisotopic (exact) mass is 288 g/mol. The van der Waals surface area contributed by atoms with Gasteiger partial charge in [0.25, 0.3) is 5.91 Å². The van der Waals surface area contributed by atoms with E-state index in [0.717, 1.165) is 5.56 Å². The van der Waals surface area contributed by atoms with E-state index in [-0.39, 0.29) is 11.7 Å². The van der Waals surface area contributed by atoms with Crippen molar-refractivity contribution in [3.8, 4) is 5.88 Å². The summed E-state index contributed by atoms with van der Waals surface area (Å²) in [4.78, 5) is 18.0. The van der Waals surface area contributed by atoms with Gasteiger partial charge >= 0.3 is 0 Å². The maximum Gasteiger partial charge on any atom is 0.253 e. The lowest BCUT2D eigenvalue weighted by Gasteiger charge is -2.18. The van der Waals surface area contributed by atoms with Crippen LogP contribution in [0.15, 0.2) is 42.6 Å². The highest BCUT2D eigenvalue weighted by molar-refractivity contribution is 5.94. The van der Waals surface area contributed by atoms with E-state index >= 15 is 0 Å². The standard InChI is InChI=1S/C16H17FN2O2/c1-3-21-15-13(5-4-10-18-15)11-19(2)16(20)12-6-8-14(17)9-7-12/h4-10H,3,11H2,1-2H3. The minimum atomic E-state index is -0.361. The lowest BCUT2D eigenvalue weighted by atomic mass is 10.2. The van der Waals surface area contributed by atoms with Crippen LogP contribution >= 0.6 is 0 Å². The van der Waals surface area contributed by atoms with Gasteiger partial charge in [-0.15, -0.1) is 0 Å². The molecule has 0 atom stereocenters. The topological polar surface area (TPSA) is 42.4 Å². The summed E-state index contributed by atoms with van der Waals surface area (Å²) in [5.41, 5.74) is 1.28. The molecule has 1 amide bonds. The van der Waals surface area contributed by atoms with Gasteiger partial charge in [-0.1, -0.05) is 6.07 Å². The molecular weight excluding hydrogens is 271 g/mol. The number of pyridine rings is 1. The number of hydrogen-bond donors (Lipinski definition) is 0. The van der Waals surface area contributed by atoms with Crippen molar-refractivity contribution in [1.29, 1.82) is 0 Å². The Balaban J connectivity index is 2.12. The molecule has 110 valence electrons. The molecule has 0 aliphatic carbocycles. The fraction of sp³-hybridized carbons (Fsp3) is 0.250. The molecule has 1 aromatic heterocycles. The van der Waals surface area contributed by atoms with Gasteiger partial charge in [0.15, 0.2) is 0 Å². The van der Waals surface area contributed by atoms with Crippen molar-refractivity contribution in [1.82, 2.24) is 9.88 Å². The normalized spacial score (nSPS) is 10.2. The predicted molar refractivity (Wildman–Crippen MR) is 77.6 cm³/mol. The molecule has 5 heteroatoms. The summed E-state index contributed by atoms with van der Waals surface area (Å²) >= 11 is 0. The molecule has 0 unspecified atom stereocenters. The van der Waals surface area contributed by atoms with E-state index in [2.05, 4.69) is 4.98 Å². The van der Waals surface area contributed by atoms with Crippen LogP contribution in [-0.4, -0.2) is 29.4 Å². The van der Waals surface area contributed by atoms with Crippen LogP contribution in [0.25, 0.3) is 0 Å². The van der Waals surface area contributed by atoms with Crippen LogP contribution in [0, 0.1) is 5.82 Å². The van der Waals surface area contributed by atoms with E-state index in [1.165, 1.54) is 24.3 Å². The maximum atomic E-state index is 12.9. The minimum absolute atomic E-state index is 0.179. The van der Waals surface area contributed by atoms with Crippen molar-refractivity contribution in [3.05, 3.63) is 59.5 Å². The fourth-order valence-corrected chi connectivity index (χ4v) is 1.95. The molecule has 0 fully saturated rings. The molecule has 4 nitrogen and oxygen atoms in total. The SMILES string of the molecule is CCOc1ncccc1CN(C)C(=O)c1ccc(F)cc1. The van der Waals surface area contributed by atoms with E-state index in [0.29, 0.717) is 24.6 Å². The molecule has 1 heterocycles. The Bertz CT molecular complexity index is 614. The van der Waals surface area contributed by atoms with Crippen molar-refractivity contribution < 1.29 is 13.9 Å². The van der Waals surface area contributed by atoms with Gasteiger partial charge in [-0.2, -0.15) is 0 Å². The summed E-state index contributed by atoms with van der Waals surface area (Å²) < 4.78 is 18.3. The number of ether oxygens (including phenoxy) is 1. The Labute approximate surface area is 123 Å². The van der Waals surface area contributed by atoms with Crippen LogP contribution in [0.4, 0.5) is 4.39 Å². The minimum Gasteiger partial charge on any atom is -0.478 e. The van der Waals surface area contributed by atoms with Crippen LogP contribution in [0.1, 0.15) is 22.8 Å². The lowest BCUT2D eigenvalue weighted by Crippen LogP contribution is -2.26. The third kappa shape index (κ3) is 3.78. The number of carbonyl (C=O) groups excluding carboxylic acids is 1. The van der Waals surface area contributed by atoms with Gasteiger partial charge in [0.1, 0.15) is 5.82 Å². The van der Waals surface area contributed by atoms with E-state index in [1.807, 2.05) is 13.0 Å². The number of amides is 1. The quantitative estimate of drug-likeness (QED) is 0.849. The first-order valence-corrected chi connectivity index (χ1v) is 6.69.